The number of likely N-dealkylation sites (tertiary alicyclic amines) is 1. The summed E-state index contributed by atoms with van der Waals surface area (Å²) in [6, 6.07) is 15.4. The molecule has 1 atom stereocenters. The van der Waals surface area contributed by atoms with Crippen LogP contribution < -0.4 is 15.2 Å². The van der Waals surface area contributed by atoms with E-state index in [4.69, 9.17) is 10.5 Å². The topological polar surface area (TPSA) is 154 Å². The highest BCUT2D eigenvalue weighted by Crippen LogP contribution is 2.46. The van der Waals surface area contributed by atoms with Crippen molar-refractivity contribution >= 4 is 28.4 Å². The number of fused-ring (bicyclic) bond motifs is 1. The van der Waals surface area contributed by atoms with Crippen molar-refractivity contribution in [2.24, 2.45) is 16.0 Å². The fraction of sp³-hybridized carbons (Fsp3) is 0.240. The van der Waals surface area contributed by atoms with Crippen molar-refractivity contribution in [2.45, 2.75) is 12.8 Å². The second-order valence-corrected chi connectivity index (χ2v) is 10.2. The Morgan fingerprint density at radius 3 is 2.86 bits per heavy atom. The zero-order chi connectivity index (χ0) is 25.3. The number of aromatic hydroxyl groups is 1. The van der Waals surface area contributed by atoms with Crippen LogP contribution in [0.2, 0.25) is 0 Å². The first-order chi connectivity index (χ1) is 17.3. The number of nitrogens with two attached hydrogens (primary N) is 1. The molecule has 11 heteroatoms. The Labute approximate surface area is 210 Å². The molecule has 0 saturated carbocycles. The average Bonchev–Trinajstić information content (AvgIpc) is 2.86. The summed E-state index contributed by atoms with van der Waals surface area (Å²) in [4.78, 5) is 19.4. The summed E-state index contributed by atoms with van der Waals surface area (Å²) in [6.07, 6.45) is 3.32. The van der Waals surface area contributed by atoms with E-state index in [0.29, 0.717) is 53.5 Å². The molecule has 10 nitrogen and oxygen atoms in total. The number of phenolic OH excluding ortho intramolecular Hbond substituents is 1. The third-order valence-corrected chi connectivity index (χ3v) is 7.17. The lowest BCUT2D eigenvalue weighted by molar-refractivity contribution is 0.0633. The van der Waals surface area contributed by atoms with Gasteiger partial charge in [0.05, 0.1) is 23.6 Å². The number of amidine groups is 1. The SMILES string of the molecule is NC1=NS(O)(O)Nc2cccc(OCC3CCCN(C(=O)c4ccnc(-c5ccccc5O)c4)C3)c21. The molecule has 2 aliphatic heterocycles. The van der Waals surface area contributed by atoms with Gasteiger partial charge in [-0.05, 0) is 60.2 Å². The Hall–Kier alpha value is -3.80. The molecule has 1 unspecified atom stereocenters. The maximum absolute atomic E-state index is 13.3. The molecule has 3 heterocycles. The quantitative estimate of drug-likeness (QED) is 0.345. The summed E-state index contributed by atoms with van der Waals surface area (Å²) in [5.74, 6) is 0.604. The number of ether oxygens (including phenoxy) is 1. The van der Waals surface area contributed by atoms with Crippen LogP contribution in [0.5, 0.6) is 11.5 Å². The molecular formula is C25H27N5O5S. The van der Waals surface area contributed by atoms with E-state index < -0.39 is 11.0 Å². The van der Waals surface area contributed by atoms with E-state index >= 15 is 0 Å². The molecule has 1 amide bonds. The summed E-state index contributed by atoms with van der Waals surface area (Å²) in [5, 5.41) is 10.2. The molecule has 2 aromatic carbocycles. The van der Waals surface area contributed by atoms with Crippen molar-refractivity contribution in [1.82, 2.24) is 9.88 Å². The average molecular weight is 510 g/mol. The van der Waals surface area contributed by atoms with Crippen molar-refractivity contribution in [3.63, 3.8) is 0 Å². The van der Waals surface area contributed by atoms with Gasteiger partial charge in [0.15, 0.2) is 5.84 Å². The highest BCUT2D eigenvalue weighted by atomic mass is 32.3. The van der Waals surface area contributed by atoms with Crippen LogP contribution in [0.15, 0.2) is 65.2 Å². The number of nitrogens with zero attached hydrogens (tertiary/aromatic N) is 3. The van der Waals surface area contributed by atoms with E-state index in [1.54, 1.807) is 54.7 Å². The first-order valence-corrected chi connectivity index (χ1v) is 13.0. The number of benzene rings is 2. The predicted octanol–water partition coefficient (Wildman–Crippen LogP) is 4.10. The van der Waals surface area contributed by atoms with Gasteiger partial charge < -0.3 is 20.5 Å². The van der Waals surface area contributed by atoms with Gasteiger partial charge in [0.25, 0.3) is 5.91 Å². The second-order valence-electron chi connectivity index (χ2n) is 8.79. The molecule has 188 valence electrons. The number of amides is 1. The number of aromatic nitrogens is 1. The van der Waals surface area contributed by atoms with Crippen LogP contribution >= 0.6 is 11.0 Å². The van der Waals surface area contributed by atoms with Gasteiger partial charge in [-0.3, -0.25) is 23.6 Å². The summed E-state index contributed by atoms with van der Waals surface area (Å²) < 4.78 is 32.1. The Morgan fingerprint density at radius 2 is 2.03 bits per heavy atom. The number of pyridine rings is 1. The van der Waals surface area contributed by atoms with Crippen molar-refractivity contribution in [2.75, 3.05) is 24.4 Å². The smallest absolute Gasteiger partial charge is 0.253 e. The molecule has 0 spiro atoms. The number of hydrogen-bond acceptors (Lipinski definition) is 9. The Bertz CT molecular complexity index is 1330. The number of phenols is 1. The van der Waals surface area contributed by atoms with Gasteiger partial charge >= 0.3 is 0 Å². The van der Waals surface area contributed by atoms with E-state index in [0.717, 1.165) is 12.8 Å². The maximum atomic E-state index is 13.3. The van der Waals surface area contributed by atoms with Crippen LogP contribution in [0, 0.1) is 5.92 Å². The molecule has 1 saturated heterocycles. The van der Waals surface area contributed by atoms with E-state index in [2.05, 4.69) is 14.1 Å². The number of carbonyl (C=O) groups is 1. The molecule has 0 radical (unpaired) electrons. The van der Waals surface area contributed by atoms with Gasteiger partial charge in [0.2, 0.25) is 0 Å². The molecule has 1 aromatic heterocycles. The van der Waals surface area contributed by atoms with Crippen molar-refractivity contribution in [1.29, 1.82) is 0 Å². The van der Waals surface area contributed by atoms with Crippen LogP contribution in [0.3, 0.4) is 0 Å². The lowest BCUT2D eigenvalue weighted by Crippen LogP contribution is -2.41. The first kappa shape index (κ1) is 23.9. The second kappa shape index (κ2) is 9.69. The lowest BCUT2D eigenvalue weighted by atomic mass is 9.98. The van der Waals surface area contributed by atoms with Gasteiger partial charge in [-0.2, -0.15) is 0 Å². The molecule has 2 aliphatic rings. The number of hydrogen-bond donors (Lipinski definition) is 5. The van der Waals surface area contributed by atoms with E-state index in [1.165, 1.54) is 0 Å². The molecule has 3 aromatic rings. The fourth-order valence-electron chi connectivity index (χ4n) is 4.53. The lowest BCUT2D eigenvalue weighted by Gasteiger charge is -2.34. The van der Waals surface area contributed by atoms with Crippen molar-refractivity contribution in [3.8, 4) is 22.8 Å². The van der Waals surface area contributed by atoms with Crippen molar-refractivity contribution < 1.29 is 23.7 Å². The van der Waals surface area contributed by atoms with Crippen LogP contribution in [0.25, 0.3) is 11.3 Å². The van der Waals surface area contributed by atoms with Crippen LogP contribution in [0.1, 0.15) is 28.8 Å². The maximum Gasteiger partial charge on any atom is 0.253 e. The van der Waals surface area contributed by atoms with E-state index in [9.17, 15) is 19.0 Å². The highest BCUT2D eigenvalue weighted by Gasteiger charge is 2.28. The Morgan fingerprint density at radius 1 is 1.19 bits per heavy atom. The van der Waals surface area contributed by atoms with Crippen LogP contribution in [-0.2, 0) is 0 Å². The molecule has 6 N–H and O–H groups in total. The number of piperidine rings is 1. The number of nitrogens with one attached hydrogen (secondary N) is 1. The van der Waals surface area contributed by atoms with Gasteiger partial charge in [-0.25, -0.2) is 0 Å². The number of rotatable bonds is 5. The Balaban J connectivity index is 1.27. The minimum atomic E-state index is -3.37. The van der Waals surface area contributed by atoms with Crippen molar-refractivity contribution in [3.05, 3.63) is 71.9 Å². The molecular weight excluding hydrogens is 482 g/mol. The highest BCUT2D eigenvalue weighted by molar-refractivity contribution is 8.24. The van der Waals surface area contributed by atoms with Gasteiger partial charge in [0.1, 0.15) is 11.5 Å². The molecule has 36 heavy (non-hydrogen) atoms. The van der Waals surface area contributed by atoms with Crippen LogP contribution in [-0.4, -0.2) is 55.5 Å². The van der Waals surface area contributed by atoms with Crippen LogP contribution in [0.4, 0.5) is 5.69 Å². The standard InChI is InChI=1S/C25H27N5O5S/c26-24-23-19(28-36(33,34)29-24)7-3-9-22(23)35-15-16-5-4-12-30(14-16)25(32)17-10-11-27-20(13-17)18-6-1-2-8-21(18)31/h1-3,6-11,13,16,28,31,33-34H,4-5,12,14-15H2,(H2,26,29). The summed E-state index contributed by atoms with van der Waals surface area (Å²) in [6.45, 7) is 1.54. The zero-order valence-corrected chi connectivity index (χ0v) is 20.2. The summed E-state index contributed by atoms with van der Waals surface area (Å²) in [7, 11) is -3.37. The largest absolute Gasteiger partial charge is 0.507 e. The normalized spacial score (nSPS) is 19.4. The van der Waals surface area contributed by atoms with E-state index in [1.807, 2.05) is 11.0 Å². The number of anilines is 1. The fourth-order valence-corrected chi connectivity index (χ4v) is 5.41. The van der Waals surface area contributed by atoms with E-state index in [-0.39, 0.29) is 23.4 Å². The van der Waals surface area contributed by atoms with Gasteiger partial charge in [-0.15, -0.1) is 4.40 Å². The predicted molar refractivity (Wildman–Crippen MR) is 139 cm³/mol. The third kappa shape index (κ3) is 4.94. The molecule has 0 aliphatic carbocycles. The summed E-state index contributed by atoms with van der Waals surface area (Å²) >= 11 is 0. The van der Waals surface area contributed by atoms with Gasteiger partial charge in [0, 0.05) is 36.3 Å². The number of para-hydroxylation sites is 1. The first-order valence-electron chi connectivity index (χ1n) is 11.5. The molecule has 1 fully saturated rings. The minimum absolute atomic E-state index is 0.00209. The zero-order valence-electron chi connectivity index (χ0n) is 19.4. The molecule has 5 rings (SSSR count). The molecule has 0 bridgehead atoms. The van der Waals surface area contributed by atoms with Gasteiger partial charge in [-0.1, -0.05) is 18.2 Å². The third-order valence-electron chi connectivity index (χ3n) is 6.22. The monoisotopic (exact) mass is 509 g/mol. The minimum Gasteiger partial charge on any atom is -0.507 e. The number of carbonyl (C=O) groups excluding carboxylic acids is 1. The Kier molecular flexibility index (Phi) is 6.44. The summed E-state index contributed by atoms with van der Waals surface area (Å²) in [5.41, 5.74) is 8.53.